The number of hydrogen-bond acceptors (Lipinski definition) is 6. The Morgan fingerprint density at radius 3 is 3.00 bits per heavy atom. The highest BCUT2D eigenvalue weighted by molar-refractivity contribution is 8.00. The minimum atomic E-state index is -0.612. The molecular formula is C13H13FN6O2S. The van der Waals surface area contributed by atoms with E-state index in [2.05, 4.69) is 31.3 Å². The zero-order valence-electron chi connectivity index (χ0n) is 12.1. The third-order valence-electron chi connectivity index (χ3n) is 3.33. The summed E-state index contributed by atoms with van der Waals surface area (Å²) in [5, 5.41) is 18.5. The SMILES string of the molecule is Cc1cc(F)c(-c2nn[nH]n2)cc1NC(=O)[C@@H]1CSCC(=O)N1. The van der Waals surface area contributed by atoms with Gasteiger partial charge in [0.15, 0.2) is 0 Å². The van der Waals surface area contributed by atoms with Crippen LogP contribution in [-0.2, 0) is 9.59 Å². The summed E-state index contributed by atoms with van der Waals surface area (Å²) in [5.41, 5.74) is 1.11. The van der Waals surface area contributed by atoms with Gasteiger partial charge >= 0.3 is 0 Å². The fourth-order valence-corrected chi connectivity index (χ4v) is 3.02. The molecule has 0 unspecified atom stereocenters. The van der Waals surface area contributed by atoms with Crippen LogP contribution in [0.3, 0.4) is 0 Å². The van der Waals surface area contributed by atoms with E-state index in [0.717, 1.165) is 0 Å². The summed E-state index contributed by atoms with van der Waals surface area (Å²) in [5.74, 6) is -0.0939. The number of rotatable bonds is 3. The van der Waals surface area contributed by atoms with Gasteiger partial charge in [0.1, 0.15) is 11.9 Å². The maximum Gasteiger partial charge on any atom is 0.247 e. The van der Waals surface area contributed by atoms with Crippen molar-refractivity contribution >= 4 is 29.3 Å². The van der Waals surface area contributed by atoms with E-state index in [4.69, 9.17) is 0 Å². The molecule has 0 radical (unpaired) electrons. The van der Waals surface area contributed by atoms with Crippen LogP contribution in [0, 0.1) is 12.7 Å². The van der Waals surface area contributed by atoms with E-state index >= 15 is 0 Å². The van der Waals surface area contributed by atoms with Gasteiger partial charge in [-0.2, -0.15) is 5.21 Å². The number of halogens is 1. The third kappa shape index (κ3) is 3.31. The number of aromatic nitrogens is 4. The van der Waals surface area contributed by atoms with Crippen LogP contribution in [0.4, 0.5) is 10.1 Å². The van der Waals surface area contributed by atoms with Gasteiger partial charge in [0.25, 0.3) is 0 Å². The smallest absolute Gasteiger partial charge is 0.247 e. The third-order valence-corrected chi connectivity index (χ3v) is 4.36. The quantitative estimate of drug-likeness (QED) is 0.752. The van der Waals surface area contributed by atoms with Gasteiger partial charge in [-0.15, -0.1) is 22.0 Å². The van der Waals surface area contributed by atoms with Crippen molar-refractivity contribution < 1.29 is 14.0 Å². The summed E-state index contributed by atoms with van der Waals surface area (Å²) in [7, 11) is 0. The second-order valence-corrected chi connectivity index (χ2v) is 6.04. The van der Waals surface area contributed by atoms with Crippen LogP contribution in [0.25, 0.3) is 11.4 Å². The van der Waals surface area contributed by atoms with E-state index in [9.17, 15) is 14.0 Å². The molecule has 0 aliphatic carbocycles. The zero-order valence-corrected chi connectivity index (χ0v) is 12.9. The van der Waals surface area contributed by atoms with Crippen molar-refractivity contribution in [2.75, 3.05) is 16.8 Å². The van der Waals surface area contributed by atoms with Crippen molar-refractivity contribution in [2.24, 2.45) is 0 Å². The number of hydrogen-bond donors (Lipinski definition) is 3. The Labute approximate surface area is 134 Å². The van der Waals surface area contributed by atoms with Gasteiger partial charge < -0.3 is 10.6 Å². The first kappa shape index (κ1) is 15.4. The highest BCUT2D eigenvalue weighted by Gasteiger charge is 2.25. The number of thioether (sulfide) groups is 1. The molecule has 1 atom stereocenters. The van der Waals surface area contributed by atoms with Gasteiger partial charge in [0.2, 0.25) is 17.6 Å². The number of anilines is 1. The molecule has 1 fully saturated rings. The Kier molecular flexibility index (Phi) is 4.24. The molecule has 2 heterocycles. The largest absolute Gasteiger partial charge is 0.343 e. The lowest BCUT2D eigenvalue weighted by Crippen LogP contribution is -2.49. The summed E-state index contributed by atoms with van der Waals surface area (Å²) < 4.78 is 14.0. The Hall–Kier alpha value is -2.49. The van der Waals surface area contributed by atoms with Crippen molar-refractivity contribution in [1.82, 2.24) is 25.9 Å². The molecule has 0 bridgehead atoms. The predicted molar refractivity (Wildman–Crippen MR) is 82.2 cm³/mol. The highest BCUT2D eigenvalue weighted by atomic mass is 32.2. The molecule has 3 rings (SSSR count). The molecule has 1 aromatic heterocycles. The second kappa shape index (κ2) is 6.32. The van der Waals surface area contributed by atoms with E-state index in [1.807, 2.05) is 0 Å². The van der Waals surface area contributed by atoms with Gasteiger partial charge in [-0.25, -0.2) is 4.39 Å². The summed E-state index contributed by atoms with van der Waals surface area (Å²) in [6, 6.07) is 2.13. The maximum absolute atomic E-state index is 14.0. The van der Waals surface area contributed by atoms with Crippen LogP contribution in [0.1, 0.15) is 5.56 Å². The number of benzene rings is 1. The summed E-state index contributed by atoms with van der Waals surface area (Å²) in [6.45, 7) is 1.67. The molecule has 23 heavy (non-hydrogen) atoms. The van der Waals surface area contributed by atoms with Gasteiger partial charge in [-0.1, -0.05) is 0 Å². The van der Waals surface area contributed by atoms with E-state index in [1.54, 1.807) is 6.92 Å². The molecule has 1 aliphatic heterocycles. The number of aryl methyl sites for hydroxylation is 1. The lowest BCUT2D eigenvalue weighted by molar-refractivity contribution is -0.124. The second-order valence-electron chi connectivity index (χ2n) is 5.01. The Morgan fingerprint density at radius 1 is 1.48 bits per heavy atom. The van der Waals surface area contributed by atoms with Crippen molar-refractivity contribution in [3.05, 3.63) is 23.5 Å². The molecule has 120 valence electrons. The lowest BCUT2D eigenvalue weighted by Gasteiger charge is -2.22. The molecule has 2 amide bonds. The van der Waals surface area contributed by atoms with E-state index in [-0.39, 0.29) is 23.2 Å². The topological polar surface area (TPSA) is 113 Å². The first-order valence-corrected chi connectivity index (χ1v) is 7.92. The number of aromatic amines is 1. The molecule has 0 saturated carbocycles. The minimum Gasteiger partial charge on any atom is -0.343 e. The van der Waals surface area contributed by atoms with Crippen molar-refractivity contribution in [3.63, 3.8) is 0 Å². The summed E-state index contributed by atoms with van der Waals surface area (Å²) in [6.07, 6.45) is 0. The van der Waals surface area contributed by atoms with Crippen molar-refractivity contribution in [1.29, 1.82) is 0 Å². The van der Waals surface area contributed by atoms with Crippen molar-refractivity contribution in [3.8, 4) is 11.4 Å². The van der Waals surface area contributed by atoms with E-state index < -0.39 is 11.9 Å². The number of H-pyrrole nitrogens is 1. The van der Waals surface area contributed by atoms with Crippen LogP contribution in [0.15, 0.2) is 12.1 Å². The molecule has 3 N–H and O–H groups in total. The van der Waals surface area contributed by atoms with Gasteiger partial charge in [0, 0.05) is 11.4 Å². The lowest BCUT2D eigenvalue weighted by atomic mass is 10.1. The standard InChI is InChI=1S/C13H13FN6O2S/c1-6-2-8(14)7(12-17-19-20-18-12)3-9(6)16-13(22)10-4-23-5-11(21)15-10/h2-3,10H,4-5H2,1H3,(H,15,21)(H,16,22)(H,17,18,19,20)/t10-/m0/s1. The number of carbonyl (C=O) groups is 2. The first-order valence-electron chi connectivity index (χ1n) is 6.76. The van der Waals surface area contributed by atoms with E-state index in [0.29, 0.717) is 22.8 Å². The van der Waals surface area contributed by atoms with Crippen LogP contribution in [-0.4, -0.2) is 50.0 Å². The Balaban J connectivity index is 1.83. The van der Waals surface area contributed by atoms with Gasteiger partial charge in [-0.3, -0.25) is 9.59 Å². The maximum atomic E-state index is 14.0. The first-order chi connectivity index (χ1) is 11.0. The Bertz CT molecular complexity index is 751. The fourth-order valence-electron chi connectivity index (χ4n) is 2.16. The molecule has 1 saturated heterocycles. The molecule has 8 nitrogen and oxygen atoms in total. The minimum absolute atomic E-state index is 0.0968. The molecule has 10 heteroatoms. The van der Waals surface area contributed by atoms with Crippen LogP contribution < -0.4 is 10.6 Å². The number of amides is 2. The molecule has 1 aliphatic rings. The normalized spacial score (nSPS) is 17.7. The zero-order chi connectivity index (χ0) is 16.4. The molecule has 2 aromatic rings. The van der Waals surface area contributed by atoms with Gasteiger partial charge in [-0.05, 0) is 29.8 Å². The monoisotopic (exact) mass is 336 g/mol. The molecular weight excluding hydrogens is 323 g/mol. The highest BCUT2D eigenvalue weighted by Crippen LogP contribution is 2.26. The predicted octanol–water partition coefficient (Wildman–Crippen LogP) is 0.484. The van der Waals surface area contributed by atoms with Crippen LogP contribution >= 0.6 is 11.8 Å². The van der Waals surface area contributed by atoms with Gasteiger partial charge in [0.05, 0.1) is 11.3 Å². The van der Waals surface area contributed by atoms with Crippen molar-refractivity contribution in [2.45, 2.75) is 13.0 Å². The summed E-state index contributed by atoms with van der Waals surface area (Å²) in [4.78, 5) is 23.6. The Morgan fingerprint density at radius 2 is 2.30 bits per heavy atom. The number of carbonyl (C=O) groups excluding carboxylic acids is 2. The number of tetrazole rings is 1. The number of nitrogens with zero attached hydrogens (tertiary/aromatic N) is 3. The summed E-state index contributed by atoms with van der Waals surface area (Å²) >= 11 is 1.39. The van der Waals surface area contributed by atoms with Crippen LogP contribution in [0.5, 0.6) is 0 Å². The van der Waals surface area contributed by atoms with E-state index in [1.165, 1.54) is 23.9 Å². The average molecular weight is 336 g/mol. The fraction of sp³-hybridized carbons (Fsp3) is 0.308. The molecule has 1 aromatic carbocycles. The van der Waals surface area contributed by atoms with Crippen LogP contribution in [0.2, 0.25) is 0 Å². The number of nitrogens with one attached hydrogen (secondary N) is 3. The average Bonchev–Trinajstić information content (AvgIpc) is 3.04. The molecule has 0 spiro atoms.